The maximum atomic E-state index is 13.1. The third-order valence-corrected chi connectivity index (χ3v) is 2.27. The number of hydrogen-bond acceptors (Lipinski definition) is 2. The van der Waals surface area contributed by atoms with E-state index in [1.165, 1.54) is 6.07 Å². The average molecular weight is 210 g/mol. The summed E-state index contributed by atoms with van der Waals surface area (Å²) in [5.41, 5.74) is 2.08. The Morgan fingerprint density at radius 2 is 2.07 bits per heavy atom. The molecule has 0 bridgehead atoms. The Morgan fingerprint density at radius 3 is 2.67 bits per heavy atom. The first-order valence-corrected chi connectivity index (χ1v) is 5.31. The third kappa shape index (κ3) is 3.51. The number of nitrogens with one attached hydrogen (secondary N) is 1. The highest BCUT2D eigenvalue weighted by Gasteiger charge is 2.05. The summed E-state index contributed by atoms with van der Waals surface area (Å²) in [5.74, 6) is -0.172. The van der Waals surface area contributed by atoms with E-state index in [0.29, 0.717) is 0 Å². The lowest BCUT2D eigenvalue weighted by Crippen LogP contribution is -2.18. The van der Waals surface area contributed by atoms with Gasteiger partial charge in [-0.1, -0.05) is 6.92 Å². The van der Waals surface area contributed by atoms with E-state index >= 15 is 0 Å². The van der Waals surface area contributed by atoms with Crippen LogP contribution >= 0.6 is 0 Å². The Labute approximate surface area is 91.1 Å². The molecule has 3 heteroatoms. The van der Waals surface area contributed by atoms with Gasteiger partial charge in [0.1, 0.15) is 5.82 Å². The average Bonchev–Trinajstić information content (AvgIpc) is 2.18. The molecule has 1 aromatic rings. The van der Waals surface area contributed by atoms with E-state index in [1.54, 1.807) is 6.07 Å². The minimum Gasteiger partial charge on any atom is -0.377 e. The van der Waals surface area contributed by atoms with E-state index < -0.39 is 0 Å². The van der Waals surface area contributed by atoms with Crippen LogP contribution in [-0.4, -0.2) is 20.6 Å². The Kier molecular flexibility index (Phi) is 4.56. The summed E-state index contributed by atoms with van der Waals surface area (Å²) < 4.78 is 13.1. The molecule has 0 unspecified atom stereocenters. The summed E-state index contributed by atoms with van der Waals surface area (Å²) in [4.78, 5) is 2.00. The standard InChI is InChI=1S/C12H19FN2/c1-4-7-14-9-10-8-11(13)5-6-12(10)15(2)3/h5-6,8,14H,4,7,9H2,1-3H3. The highest BCUT2D eigenvalue weighted by atomic mass is 19.1. The molecule has 2 nitrogen and oxygen atoms in total. The van der Waals surface area contributed by atoms with Gasteiger partial charge in [-0.2, -0.15) is 0 Å². The first-order chi connectivity index (χ1) is 7.15. The second-order valence-corrected chi connectivity index (χ2v) is 3.84. The van der Waals surface area contributed by atoms with E-state index in [2.05, 4.69) is 12.2 Å². The number of hydrogen-bond donors (Lipinski definition) is 1. The van der Waals surface area contributed by atoms with Crippen molar-refractivity contribution in [1.29, 1.82) is 0 Å². The molecule has 1 N–H and O–H groups in total. The zero-order valence-corrected chi connectivity index (χ0v) is 9.68. The highest BCUT2D eigenvalue weighted by Crippen LogP contribution is 2.19. The van der Waals surface area contributed by atoms with Crippen LogP contribution in [-0.2, 0) is 6.54 Å². The monoisotopic (exact) mass is 210 g/mol. The summed E-state index contributed by atoms with van der Waals surface area (Å²) in [7, 11) is 3.94. The number of nitrogens with zero attached hydrogens (tertiary/aromatic N) is 1. The minimum atomic E-state index is -0.172. The van der Waals surface area contributed by atoms with Gasteiger partial charge in [-0.15, -0.1) is 0 Å². The van der Waals surface area contributed by atoms with Crippen LogP contribution in [0.2, 0.25) is 0 Å². The predicted octanol–water partition coefficient (Wildman–Crippen LogP) is 2.39. The van der Waals surface area contributed by atoms with Crippen LogP contribution in [0.5, 0.6) is 0 Å². The predicted molar refractivity (Wildman–Crippen MR) is 62.7 cm³/mol. The van der Waals surface area contributed by atoms with Crippen molar-refractivity contribution in [3.05, 3.63) is 29.6 Å². The molecule has 0 heterocycles. The Bertz CT molecular complexity index is 310. The quantitative estimate of drug-likeness (QED) is 0.751. The van der Waals surface area contributed by atoms with E-state index in [0.717, 1.165) is 30.8 Å². The molecule has 0 aliphatic heterocycles. The van der Waals surface area contributed by atoms with E-state index in [-0.39, 0.29) is 5.82 Å². The van der Waals surface area contributed by atoms with Gasteiger partial charge in [0, 0.05) is 26.3 Å². The zero-order chi connectivity index (χ0) is 11.3. The third-order valence-electron chi connectivity index (χ3n) is 2.27. The Balaban J connectivity index is 2.77. The first-order valence-electron chi connectivity index (χ1n) is 5.31. The normalized spacial score (nSPS) is 10.4. The lowest BCUT2D eigenvalue weighted by atomic mass is 10.1. The van der Waals surface area contributed by atoms with E-state index in [4.69, 9.17) is 0 Å². The van der Waals surface area contributed by atoms with E-state index in [9.17, 15) is 4.39 Å². The van der Waals surface area contributed by atoms with Gasteiger partial charge in [0.15, 0.2) is 0 Å². The van der Waals surface area contributed by atoms with Crippen molar-refractivity contribution in [2.45, 2.75) is 19.9 Å². The fourth-order valence-electron chi connectivity index (χ4n) is 1.53. The SMILES string of the molecule is CCCNCc1cc(F)ccc1N(C)C. The van der Waals surface area contributed by atoms with Gasteiger partial charge in [0.05, 0.1) is 0 Å². The van der Waals surface area contributed by atoms with Gasteiger partial charge in [0.25, 0.3) is 0 Å². The molecule has 0 atom stereocenters. The molecule has 84 valence electrons. The number of rotatable bonds is 5. The number of benzene rings is 1. The molecular weight excluding hydrogens is 191 g/mol. The Morgan fingerprint density at radius 1 is 1.33 bits per heavy atom. The van der Waals surface area contributed by atoms with Crippen LogP contribution in [0.15, 0.2) is 18.2 Å². The fourth-order valence-corrected chi connectivity index (χ4v) is 1.53. The van der Waals surface area contributed by atoms with Crippen LogP contribution in [0.1, 0.15) is 18.9 Å². The molecular formula is C12H19FN2. The van der Waals surface area contributed by atoms with Gasteiger partial charge >= 0.3 is 0 Å². The summed E-state index contributed by atoms with van der Waals surface area (Å²) in [6.07, 6.45) is 1.09. The first kappa shape index (κ1) is 12.0. The van der Waals surface area contributed by atoms with Crippen LogP contribution in [0, 0.1) is 5.82 Å². The summed E-state index contributed by atoms with van der Waals surface area (Å²) in [6.45, 7) is 3.80. The second kappa shape index (κ2) is 5.71. The summed E-state index contributed by atoms with van der Waals surface area (Å²) in [6, 6.07) is 4.91. The Hall–Kier alpha value is -1.09. The molecule has 0 fully saturated rings. The maximum Gasteiger partial charge on any atom is 0.123 e. The zero-order valence-electron chi connectivity index (χ0n) is 9.68. The van der Waals surface area contributed by atoms with Crippen LogP contribution in [0.25, 0.3) is 0 Å². The van der Waals surface area contributed by atoms with Crippen molar-refractivity contribution in [2.24, 2.45) is 0 Å². The van der Waals surface area contributed by atoms with Crippen LogP contribution in [0.3, 0.4) is 0 Å². The van der Waals surface area contributed by atoms with E-state index in [1.807, 2.05) is 25.1 Å². The number of anilines is 1. The maximum absolute atomic E-state index is 13.1. The lowest BCUT2D eigenvalue weighted by Gasteiger charge is -2.17. The van der Waals surface area contributed by atoms with Crippen molar-refractivity contribution in [3.63, 3.8) is 0 Å². The van der Waals surface area contributed by atoms with Gasteiger partial charge in [0.2, 0.25) is 0 Å². The van der Waals surface area contributed by atoms with Crippen molar-refractivity contribution >= 4 is 5.69 Å². The van der Waals surface area contributed by atoms with Gasteiger partial charge < -0.3 is 10.2 Å². The van der Waals surface area contributed by atoms with Crippen molar-refractivity contribution in [3.8, 4) is 0 Å². The number of halogens is 1. The summed E-state index contributed by atoms with van der Waals surface area (Å²) >= 11 is 0. The van der Waals surface area contributed by atoms with Crippen molar-refractivity contribution < 1.29 is 4.39 Å². The molecule has 0 spiro atoms. The fraction of sp³-hybridized carbons (Fsp3) is 0.500. The highest BCUT2D eigenvalue weighted by molar-refractivity contribution is 5.52. The lowest BCUT2D eigenvalue weighted by molar-refractivity contribution is 0.619. The van der Waals surface area contributed by atoms with Crippen molar-refractivity contribution in [1.82, 2.24) is 5.32 Å². The largest absolute Gasteiger partial charge is 0.377 e. The molecule has 15 heavy (non-hydrogen) atoms. The molecule has 0 amide bonds. The topological polar surface area (TPSA) is 15.3 Å². The minimum absolute atomic E-state index is 0.172. The summed E-state index contributed by atoms with van der Waals surface area (Å²) in [5, 5.41) is 3.28. The molecule has 0 aliphatic rings. The second-order valence-electron chi connectivity index (χ2n) is 3.84. The molecule has 0 saturated carbocycles. The van der Waals surface area contributed by atoms with Crippen molar-refractivity contribution in [2.75, 3.05) is 25.5 Å². The van der Waals surface area contributed by atoms with Crippen LogP contribution in [0.4, 0.5) is 10.1 Å². The smallest absolute Gasteiger partial charge is 0.123 e. The van der Waals surface area contributed by atoms with Gasteiger partial charge in [-0.25, -0.2) is 4.39 Å². The van der Waals surface area contributed by atoms with Crippen LogP contribution < -0.4 is 10.2 Å². The molecule has 0 radical (unpaired) electrons. The molecule has 0 aromatic heterocycles. The molecule has 1 aromatic carbocycles. The molecule has 0 aliphatic carbocycles. The molecule has 0 saturated heterocycles. The van der Waals surface area contributed by atoms with Gasteiger partial charge in [-0.3, -0.25) is 0 Å². The molecule has 1 rings (SSSR count). The van der Waals surface area contributed by atoms with Gasteiger partial charge in [-0.05, 0) is 36.7 Å².